The molecule has 37 heavy (non-hydrogen) atoms. The van der Waals surface area contributed by atoms with Crippen molar-refractivity contribution in [1.29, 1.82) is 0 Å². The molecular formula is C29H35N7O. The number of piperazine rings is 1. The minimum atomic E-state index is 0.117. The lowest BCUT2D eigenvalue weighted by atomic mass is 10.0. The highest BCUT2D eigenvalue weighted by atomic mass is 16.2. The van der Waals surface area contributed by atoms with Gasteiger partial charge in [-0.05, 0) is 38.0 Å². The molecule has 0 saturated carbocycles. The molecule has 5 heterocycles. The van der Waals surface area contributed by atoms with E-state index in [2.05, 4.69) is 57.5 Å². The predicted molar refractivity (Wildman–Crippen MR) is 147 cm³/mol. The summed E-state index contributed by atoms with van der Waals surface area (Å²) in [6.07, 6.45) is 5.69. The molecule has 1 saturated heterocycles. The van der Waals surface area contributed by atoms with Crippen LogP contribution in [-0.2, 0) is 11.2 Å². The minimum absolute atomic E-state index is 0.117. The Morgan fingerprint density at radius 2 is 1.81 bits per heavy atom. The van der Waals surface area contributed by atoms with Crippen molar-refractivity contribution in [3.8, 4) is 11.3 Å². The molecule has 8 heteroatoms. The number of carbonyl (C=O) groups is 1. The molecule has 6 rings (SSSR count). The Hall–Kier alpha value is -3.81. The smallest absolute Gasteiger partial charge is 0.225 e. The molecule has 1 fully saturated rings. The topological polar surface area (TPSA) is 80.0 Å². The van der Waals surface area contributed by atoms with Gasteiger partial charge in [0, 0.05) is 57.0 Å². The van der Waals surface area contributed by atoms with E-state index in [1.165, 1.54) is 11.1 Å². The van der Waals surface area contributed by atoms with Gasteiger partial charge in [-0.25, -0.2) is 19.9 Å². The highest BCUT2D eigenvalue weighted by Crippen LogP contribution is 2.35. The van der Waals surface area contributed by atoms with Gasteiger partial charge in [0.1, 0.15) is 11.3 Å². The maximum Gasteiger partial charge on any atom is 0.225 e. The molecule has 0 spiro atoms. The maximum absolute atomic E-state index is 11.8. The highest BCUT2D eigenvalue weighted by molar-refractivity contribution is 5.77. The van der Waals surface area contributed by atoms with Crippen molar-refractivity contribution in [3.63, 3.8) is 0 Å². The summed E-state index contributed by atoms with van der Waals surface area (Å²) in [7, 11) is 0. The van der Waals surface area contributed by atoms with E-state index in [0.29, 0.717) is 12.5 Å². The molecule has 4 aromatic rings. The van der Waals surface area contributed by atoms with Crippen molar-refractivity contribution in [1.82, 2.24) is 29.4 Å². The van der Waals surface area contributed by atoms with Crippen molar-refractivity contribution >= 4 is 23.0 Å². The molecule has 8 nitrogen and oxygen atoms in total. The number of carbonyl (C=O) groups excluding carboxylic acids is 1. The summed E-state index contributed by atoms with van der Waals surface area (Å²) in [6, 6.07) is 13.2. The number of imidazole rings is 1. The third-order valence-electron chi connectivity index (χ3n) is 7.24. The molecule has 2 aliphatic heterocycles. The molecule has 192 valence electrons. The Morgan fingerprint density at radius 3 is 2.51 bits per heavy atom. The van der Waals surface area contributed by atoms with Gasteiger partial charge in [0.15, 0.2) is 5.65 Å². The lowest BCUT2D eigenvalue weighted by Gasteiger charge is -2.39. The number of hydrogen-bond acceptors (Lipinski definition) is 6. The molecular weight excluding hydrogens is 462 g/mol. The van der Waals surface area contributed by atoms with Crippen molar-refractivity contribution < 1.29 is 4.79 Å². The molecule has 1 amide bonds. The molecule has 0 unspecified atom stereocenters. The van der Waals surface area contributed by atoms with Gasteiger partial charge in [0.05, 0.1) is 11.7 Å². The van der Waals surface area contributed by atoms with E-state index in [-0.39, 0.29) is 18.0 Å². The fourth-order valence-corrected chi connectivity index (χ4v) is 5.50. The average molecular weight is 498 g/mol. The van der Waals surface area contributed by atoms with Crippen LogP contribution in [0.5, 0.6) is 0 Å². The third kappa shape index (κ3) is 4.68. The molecule has 0 bridgehead atoms. The van der Waals surface area contributed by atoms with Gasteiger partial charge in [0.25, 0.3) is 0 Å². The number of pyridine rings is 1. The van der Waals surface area contributed by atoms with Crippen LogP contribution in [0.1, 0.15) is 57.1 Å². The van der Waals surface area contributed by atoms with Gasteiger partial charge in [-0.3, -0.25) is 4.79 Å². The highest BCUT2D eigenvalue weighted by Gasteiger charge is 2.29. The fourth-order valence-electron chi connectivity index (χ4n) is 5.50. The van der Waals surface area contributed by atoms with E-state index in [9.17, 15) is 4.79 Å². The molecule has 2 aliphatic rings. The summed E-state index contributed by atoms with van der Waals surface area (Å²) in [5.41, 5.74) is 6.14. The Labute approximate surface area is 218 Å². The van der Waals surface area contributed by atoms with E-state index < -0.39 is 0 Å². The van der Waals surface area contributed by atoms with Crippen LogP contribution < -0.4 is 4.90 Å². The lowest BCUT2D eigenvalue weighted by Crippen LogP contribution is -2.53. The number of anilines is 1. The first-order chi connectivity index (χ1) is 18.0. The van der Waals surface area contributed by atoms with E-state index in [4.69, 9.17) is 9.97 Å². The Balaban J connectivity index is 0.00000137. The molecule has 1 aromatic carbocycles. The fraction of sp³-hybridized carbons (Fsp3) is 0.414. The number of amides is 1. The number of aromatic nitrogens is 5. The lowest BCUT2D eigenvalue weighted by molar-refractivity contribution is -0.131. The number of fused-ring (bicyclic) bond motifs is 3. The van der Waals surface area contributed by atoms with Crippen LogP contribution in [0.25, 0.3) is 22.4 Å². The second-order valence-electron chi connectivity index (χ2n) is 9.69. The molecule has 3 aromatic heterocycles. The first-order valence-electron chi connectivity index (χ1n) is 13.3. The summed E-state index contributed by atoms with van der Waals surface area (Å²) in [4.78, 5) is 35.0. The van der Waals surface area contributed by atoms with Crippen molar-refractivity contribution in [3.05, 3.63) is 65.7 Å². The first kappa shape index (κ1) is 24.9. The van der Waals surface area contributed by atoms with Crippen LogP contribution in [-0.4, -0.2) is 61.0 Å². The number of nitrogens with zero attached hydrogens (tertiary/aromatic N) is 7. The van der Waals surface area contributed by atoms with Gasteiger partial charge < -0.3 is 14.4 Å². The third-order valence-corrected chi connectivity index (χ3v) is 7.24. The maximum atomic E-state index is 11.8. The monoisotopic (exact) mass is 497 g/mol. The zero-order valence-corrected chi connectivity index (χ0v) is 22.3. The summed E-state index contributed by atoms with van der Waals surface area (Å²) >= 11 is 0. The van der Waals surface area contributed by atoms with Crippen molar-refractivity contribution in [2.24, 2.45) is 0 Å². The van der Waals surface area contributed by atoms with Crippen LogP contribution in [0.4, 0.5) is 5.95 Å². The van der Waals surface area contributed by atoms with Crippen LogP contribution in [0.2, 0.25) is 0 Å². The second kappa shape index (κ2) is 10.3. The number of aryl methyl sites for hydroxylation is 2. The van der Waals surface area contributed by atoms with Gasteiger partial charge >= 0.3 is 0 Å². The predicted octanol–water partition coefficient (Wildman–Crippen LogP) is 4.82. The number of hydrogen-bond donors (Lipinski definition) is 0. The van der Waals surface area contributed by atoms with Gasteiger partial charge in [-0.2, -0.15) is 0 Å². The van der Waals surface area contributed by atoms with Crippen molar-refractivity contribution in [2.75, 3.05) is 24.5 Å². The van der Waals surface area contributed by atoms with Gasteiger partial charge in [-0.1, -0.05) is 43.7 Å². The number of benzene rings is 1. The summed E-state index contributed by atoms with van der Waals surface area (Å²) in [5.74, 6) is 1.90. The van der Waals surface area contributed by atoms with E-state index in [0.717, 1.165) is 54.2 Å². The Morgan fingerprint density at radius 1 is 1.03 bits per heavy atom. The Kier molecular flexibility index (Phi) is 6.91. The molecule has 0 N–H and O–H groups in total. The average Bonchev–Trinajstić information content (AvgIpc) is 3.49. The van der Waals surface area contributed by atoms with Crippen molar-refractivity contribution in [2.45, 2.75) is 59.5 Å². The zero-order valence-electron chi connectivity index (χ0n) is 22.3. The van der Waals surface area contributed by atoms with Gasteiger partial charge in [0.2, 0.25) is 11.9 Å². The molecule has 0 radical (unpaired) electrons. The second-order valence-corrected chi connectivity index (χ2v) is 9.69. The van der Waals surface area contributed by atoms with E-state index in [1.807, 2.05) is 43.3 Å². The standard InChI is InChI=1S/C27H29N7O.C2H6/c1-17-5-4-6-20(13-17)24-9-10-25-30-23-8-7-22(31-26(23)34(24)25)21-14-28-27(29-15-21)32-11-12-33(19(3)35)18(2)16-32;1-2/h4-8,13-15,18,24H,9-12,16H2,1-3H3;1-2H3/t18-,24-;/m1./s1. The first-order valence-corrected chi connectivity index (χ1v) is 13.3. The van der Waals surface area contributed by atoms with E-state index in [1.54, 1.807) is 6.92 Å². The summed E-state index contributed by atoms with van der Waals surface area (Å²) in [6.45, 7) is 12.0. The SMILES string of the molecule is CC.CC(=O)N1CCN(c2ncc(-c3ccc4nc5n(c4n3)[C@@H](c3cccc(C)c3)CC5)cn2)C[C@H]1C. The van der Waals surface area contributed by atoms with Crippen LogP contribution in [0.3, 0.4) is 0 Å². The normalized spacial score (nSPS) is 18.9. The quantitative estimate of drug-likeness (QED) is 0.404. The summed E-state index contributed by atoms with van der Waals surface area (Å²) < 4.78 is 2.30. The van der Waals surface area contributed by atoms with Crippen LogP contribution in [0, 0.1) is 6.92 Å². The van der Waals surface area contributed by atoms with E-state index >= 15 is 0 Å². The minimum Gasteiger partial charge on any atom is -0.337 e. The van der Waals surface area contributed by atoms with Crippen LogP contribution in [0.15, 0.2) is 48.8 Å². The Bertz CT molecular complexity index is 1410. The van der Waals surface area contributed by atoms with Gasteiger partial charge in [-0.15, -0.1) is 0 Å². The molecule has 0 aliphatic carbocycles. The molecule has 2 atom stereocenters. The largest absolute Gasteiger partial charge is 0.337 e. The zero-order chi connectivity index (χ0) is 26.1. The van der Waals surface area contributed by atoms with Crippen LogP contribution >= 0.6 is 0 Å². The summed E-state index contributed by atoms with van der Waals surface area (Å²) in [5, 5.41) is 0. The number of rotatable bonds is 3.